The van der Waals surface area contributed by atoms with Crippen LogP contribution in [0.4, 0.5) is 11.4 Å². The largest absolute Gasteiger partial charge is 0.378 e. The van der Waals surface area contributed by atoms with E-state index in [-0.39, 0.29) is 17.9 Å². The molecule has 1 fully saturated rings. The van der Waals surface area contributed by atoms with Gasteiger partial charge in [-0.3, -0.25) is 9.59 Å². The van der Waals surface area contributed by atoms with E-state index >= 15 is 0 Å². The fourth-order valence-electron chi connectivity index (χ4n) is 3.81. The van der Waals surface area contributed by atoms with E-state index in [0.717, 1.165) is 67.1 Å². The number of thiophene rings is 1. The van der Waals surface area contributed by atoms with Crippen LogP contribution in [0.2, 0.25) is 0 Å². The molecule has 27 heavy (non-hydrogen) atoms. The van der Waals surface area contributed by atoms with Gasteiger partial charge < -0.3 is 15.0 Å². The van der Waals surface area contributed by atoms with Crippen molar-refractivity contribution >= 4 is 34.5 Å². The van der Waals surface area contributed by atoms with E-state index in [1.165, 1.54) is 11.3 Å². The highest BCUT2D eigenvalue weighted by atomic mass is 32.1. The van der Waals surface area contributed by atoms with Gasteiger partial charge >= 0.3 is 0 Å². The molecule has 2 amide bonds. The number of fused-ring (bicyclic) bond motifs is 1. The lowest BCUT2D eigenvalue weighted by molar-refractivity contribution is -0.119. The highest BCUT2D eigenvalue weighted by Crippen LogP contribution is 2.31. The van der Waals surface area contributed by atoms with Gasteiger partial charge in [0.15, 0.2) is 0 Å². The van der Waals surface area contributed by atoms with Crippen molar-refractivity contribution in [1.82, 2.24) is 0 Å². The normalized spacial score (nSPS) is 19.4. The predicted molar refractivity (Wildman–Crippen MR) is 108 cm³/mol. The Morgan fingerprint density at radius 3 is 2.93 bits per heavy atom. The fourth-order valence-corrected chi connectivity index (χ4v) is 4.48. The second-order valence-corrected chi connectivity index (χ2v) is 8.07. The highest BCUT2D eigenvalue weighted by molar-refractivity contribution is 7.12. The molecule has 1 unspecified atom stereocenters. The molecule has 2 aliphatic heterocycles. The average Bonchev–Trinajstić information content (AvgIpc) is 3.22. The Hall–Kier alpha value is -2.18. The van der Waals surface area contributed by atoms with Crippen molar-refractivity contribution in [2.75, 3.05) is 23.4 Å². The van der Waals surface area contributed by atoms with Crippen molar-refractivity contribution in [2.24, 2.45) is 0 Å². The Labute approximate surface area is 163 Å². The molecule has 0 bridgehead atoms. The Bertz CT molecular complexity index is 813. The Balaban J connectivity index is 1.45. The molecule has 0 saturated carbocycles. The van der Waals surface area contributed by atoms with E-state index in [2.05, 4.69) is 5.32 Å². The minimum Gasteiger partial charge on any atom is -0.378 e. The molecule has 1 atom stereocenters. The van der Waals surface area contributed by atoms with Crippen molar-refractivity contribution < 1.29 is 14.3 Å². The molecule has 0 spiro atoms. The Kier molecular flexibility index (Phi) is 5.55. The second-order valence-electron chi connectivity index (χ2n) is 7.12. The minimum atomic E-state index is -0.0100. The number of carbonyl (C=O) groups is 2. The number of anilines is 2. The summed E-state index contributed by atoms with van der Waals surface area (Å²) in [7, 11) is 0. The van der Waals surface area contributed by atoms with E-state index in [9.17, 15) is 9.59 Å². The van der Waals surface area contributed by atoms with Gasteiger partial charge in [0.2, 0.25) is 5.91 Å². The van der Waals surface area contributed by atoms with Crippen molar-refractivity contribution in [3.63, 3.8) is 0 Å². The molecule has 1 aromatic heterocycles. The topological polar surface area (TPSA) is 58.6 Å². The van der Waals surface area contributed by atoms with Gasteiger partial charge in [-0.1, -0.05) is 6.07 Å². The molecule has 2 aliphatic rings. The molecule has 6 heteroatoms. The molecule has 142 valence electrons. The number of hydrogen-bond acceptors (Lipinski definition) is 4. The zero-order chi connectivity index (χ0) is 18.6. The molecule has 5 nitrogen and oxygen atoms in total. The number of carbonyl (C=O) groups excluding carboxylic acids is 2. The van der Waals surface area contributed by atoms with E-state index < -0.39 is 0 Å². The molecular formula is C21H24N2O3S. The van der Waals surface area contributed by atoms with Crippen LogP contribution in [0.1, 0.15) is 47.3 Å². The molecule has 4 rings (SSSR count). The van der Waals surface area contributed by atoms with Crippen molar-refractivity contribution in [2.45, 2.75) is 44.6 Å². The Morgan fingerprint density at radius 2 is 2.15 bits per heavy atom. The Morgan fingerprint density at radius 1 is 1.22 bits per heavy atom. The summed E-state index contributed by atoms with van der Waals surface area (Å²) in [5, 5.41) is 4.91. The van der Waals surface area contributed by atoms with Crippen LogP contribution in [-0.4, -0.2) is 31.1 Å². The third-order valence-electron chi connectivity index (χ3n) is 5.15. The first-order chi connectivity index (χ1) is 13.2. The summed E-state index contributed by atoms with van der Waals surface area (Å²) < 4.78 is 5.65. The summed E-state index contributed by atoms with van der Waals surface area (Å²) in [5.74, 6) is 0.0429. The smallest absolute Gasteiger partial charge is 0.268 e. The van der Waals surface area contributed by atoms with Crippen LogP contribution in [0.3, 0.4) is 0 Å². The third-order valence-corrected chi connectivity index (χ3v) is 6.00. The third kappa shape index (κ3) is 4.22. The second kappa shape index (κ2) is 8.23. The maximum Gasteiger partial charge on any atom is 0.268 e. The SMILES string of the molecule is O=C(CC1CCCCO1)Nc1ccc2c(c1)CCCN2C(=O)c1cccs1. The van der Waals surface area contributed by atoms with Gasteiger partial charge in [-0.2, -0.15) is 0 Å². The summed E-state index contributed by atoms with van der Waals surface area (Å²) in [5.41, 5.74) is 2.85. The molecule has 1 saturated heterocycles. The number of hydrogen-bond donors (Lipinski definition) is 1. The molecule has 3 heterocycles. The van der Waals surface area contributed by atoms with Crippen LogP contribution in [0, 0.1) is 0 Å². The maximum absolute atomic E-state index is 12.8. The van der Waals surface area contributed by atoms with Crippen LogP contribution in [-0.2, 0) is 16.0 Å². The summed E-state index contributed by atoms with van der Waals surface area (Å²) >= 11 is 1.47. The number of amides is 2. The molecule has 0 aliphatic carbocycles. The summed E-state index contributed by atoms with van der Waals surface area (Å²) in [4.78, 5) is 27.7. The highest BCUT2D eigenvalue weighted by Gasteiger charge is 2.25. The van der Waals surface area contributed by atoms with Gasteiger partial charge in [0.25, 0.3) is 5.91 Å². The number of ether oxygens (including phenoxy) is 1. The van der Waals surface area contributed by atoms with Crippen molar-refractivity contribution in [1.29, 1.82) is 0 Å². The average molecular weight is 385 g/mol. The number of rotatable bonds is 4. The zero-order valence-electron chi connectivity index (χ0n) is 15.3. The maximum atomic E-state index is 12.8. The van der Waals surface area contributed by atoms with E-state index in [1.807, 2.05) is 40.6 Å². The quantitative estimate of drug-likeness (QED) is 0.858. The summed E-state index contributed by atoms with van der Waals surface area (Å²) in [6.45, 7) is 1.49. The van der Waals surface area contributed by atoms with Gasteiger partial charge in [-0.15, -0.1) is 11.3 Å². The molecular weight excluding hydrogens is 360 g/mol. The first-order valence-electron chi connectivity index (χ1n) is 9.60. The fraction of sp³-hybridized carbons (Fsp3) is 0.429. The monoisotopic (exact) mass is 384 g/mol. The lowest BCUT2D eigenvalue weighted by Gasteiger charge is -2.29. The van der Waals surface area contributed by atoms with E-state index in [0.29, 0.717) is 6.42 Å². The van der Waals surface area contributed by atoms with Crippen LogP contribution in [0.15, 0.2) is 35.7 Å². The van der Waals surface area contributed by atoms with E-state index in [4.69, 9.17) is 4.74 Å². The van der Waals surface area contributed by atoms with E-state index in [1.54, 1.807) is 0 Å². The van der Waals surface area contributed by atoms with Gasteiger partial charge in [-0.25, -0.2) is 0 Å². The van der Waals surface area contributed by atoms with Gasteiger partial charge in [0.05, 0.1) is 17.4 Å². The first-order valence-corrected chi connectivity index (χ1v) is 10.5. The van der Waals surface area contributed by atoms with Crippen LogP contribution in [0.5, 0.6) is 0 Å². The molecule has 2 aromatic rings. The summed E-state index contributed by atoms with van der Waals surface area (Å²) in [6, 6.07) is 9.61. The van der Waals surface area contributed by atoms with Gasteiger partial charge in [0.1, 0.15) is 0 Å². The zero-order valence-corrected chi connectivity index (χ0v) is 16.1. The number of nitrogens with one attached hydrogen (secondary N) is 1. The minimum absolute atomic E-state index is 0.0100. The van der Waals surface area contributed by atoms with Gasteiger partial charge in [-0.05, 0) is 67.3 Å². The number of benzene rings is 1. The summed E-state index contributed by atoms with van der Waals surface area (Å²) in [6.07, 6.45) is 5.46. The standard InChI is InChI=1S/C21H24N2O3S/c24-20(14-17-6-1-2-11-26-17)22-16-8-9-18-15(13-16)5-3-10-23(18)21(25)19-7-4-12-27-19/h4,7-9,12-13,17H,1-3,5-6,10-11,14H2,(H,22,24). The lowest BCUT2D eigenvalue weighted by atomic mass is 10.0. The van der Waals surface area contributed by atoms with Crippen LogP contribution in [0.25, 0.3) is 0 Å². The molecule has 1 N–H and O–H groups in total. The van der Waals surface area contributed by atoms with Crippen LogP contribution >= 0.6 is 11.3 Å². The number of aryl methyl sites for hydroxylation is 1. The predicted octanol–water partition coefficient (Wildman–Crippen LogP) is 4.24. The first kappa shape index (κ1) is 18.2. The number of nitrogens with zero attached hydrogens (tertiary/aromatic N) is 1. The van der Waals surface area contributed by atoms with Crippen molar-refractivity contribution in [3.05, 3.63) is 46.2 Å². The molecule has 0 radical (unpaired) electrons. The molecule has 1 aromatic carbocycles. The van der Waals surface area contributed by atoms with Crippen molar-refractivity contribution in [3.8, 4) is 0 Å². The lowest BCUT2D eigenvalue weighted by Crippen LogP contribution is -2.35. The van der Waals surface area contributed by atoms with Crippen LogP contribution < -0.4 is 10.2 Å². The van der Waals surface area contributed by atoms with Gasteiger partial charge in [0, 0.05) is 24.5 Å².